The number of anilines is 1. The van der Waals surface area contributed by atoms with Gasteiger partial charge in [-0.25, -0.2) is 0 Å². The quantitative estimate of drug-likeness (QED) is 0.831. The van der Waals surface area contributed by atoms with E-state index in [4.69, 9.17) is 5.73 Å². The largest absolute Gasteiger partial charge is 0.418 e. The van der Waals surface area contributed by atoms with E-state index in [0.717, 1.165) is 18.6 Å². The summed E-state index contributed by atoms with van der Waals surface area (Å²) in [6.07, 6.45) is -3.50. The summed E-state index contributed by atoms with van der Waals surface area (Å²) < 4.78 is 38.0. The van der Waals surface area contributed by atoms with E-state index >= 15 is 0 Å². The highest BCUT2D eigenvalue weighted by Gasteiger charge is 2.34. The van der Waals surface area contributed by atoms with Gasteiger partial charge in [0.2, 0.25) is 0 Å². The average molecular weight is 272 g/mol. The number of rotatable bonds is 3. The highest BCUT2D eigenvalue weighted by molar-refractivity contribution is 5.94. The first-order valence-corrected chi connectivity index (χ1v) is 6.04. The summed E-state index contributed by atoms with van der Waals surface area (Å²) in [4.78, 5) is 11.8. The summed E-state index contributed by atoms with van der Waals surface area (Å²) >= 11 is 0. The Balaban J connectivity index is 2.09. The highest BCUT2D eigenvalue weighted by atomic mass is 19.4. The minimum absolute atomic E-state index is 0.0187. The van der Waals surface area contributed by atoms with Crippen molar-refractivity contribution in [1.29, 1.82) is 0 Å². The molecule has 1 saturated carbocycles. The molecule has 2 unspecified atom stereocenters. The molecule has 0 saturated heterocycles. The molecule has 2 rings (SSSR count). The second-order valence-corrected chi connectivity index (χ2v) is 4.98. The molecule has 1 aromatic rings. The Hall–Kier alpha value is -1.72. The fourth-order valence-electron chi connectivity index (χ4n) is 1.95. The second-order valence-electron chi connectivity index (χ2n) is 4.98. The van der Waals surface area contributed by atoms with Crippen LogP contribution >= 0.6 is 0 Å². The molecule has 0 radical (unpaired) electrons. The molecule has 2 atom stereocenters. The van der Waals surface area contributed by atoms with Gasteiger partial charge in [0.15, 0.2) is 0 Å². The fraction of sp³-hybridized carbons (Fsp3) is 0.462. The number of nitrogen functional groups attached to an aromatic ring is 1. The number of carbonyl (C=O) groups excluding carboxylic acids is 1. The second kappa shape index (κ2) is 4.75. The summed E-state index contributed by atoms with van der Waals surface area (Å²) in [5, 5.41) is 2.64. The van der Waals surface area contributed by atoms with Crippen LogP contribution in [0, 0.1) is 11.8 Å². The smallest absolute Gasteiger partial charge is 0.398 e. The number of nitrogens with one attached hydrogen (secondary N) is 1. The Bertz CT molecular complexity index is 499. The number of carbonyl (C=O) groups is 1. The molecule has 1 aliphatic carbocycles. The van der Waals surface area contributed by atoms with E-state index in [0.29, 0.717) is 18.4 Å². The standard InChI is InChI=1S/C13H15F3N2O/c1-7-4-9(7)6-18-12(19)8-2-3-11(17)10(5-8)13(14,15)16/h2-3,5,7,9H,4,6,17H2,1H3,(H,18,19). The van der Waals surface area contributed by atoms with E-state index in [1.807, 2.05) is 0 Å². The molecule has 19 heavy (non-hydrogen) atoms. The van der Waals surface area contributed by atoms with Gasteiger partial charge in [-0.15, -0.1) is 0 Å². The lowest BCUT2D eigenvalue weighted by Gasteiger charge is -2.11. The number of amides is 1. The first-order valence-electron chi connectivity index (χ1n) is 6.04. The van der Waals surface area contributed by atoms with Crippen LogP contribution in [-0.4, -0.2) is 12.5 Å². The van der Waals surface area contributed by atoms with E-state index < -0.39 is 17.6 Å². The molecule has 0 aliphatic heterocycles. The summed E-state index contributed by atoms with van der Waals surface area (Å²) in [6.45, 7) is 2.58. The lowest BCUT2D eigenvalue weighted by atomic mass is 10.1. The Morgan fingerprint density at radius 1 is 1.47 bits per heavy atom. The Kier molecular flexibility index (Phi) is 3.43. The minimum Gasteiger partial charge on any atom is -0.398 e. The molecular formula is C13H15F3N2O. The maximum absolute atomic E-state index is 12.7. The Morgan fingerprint density at radius 3 is 2.63 bits per heavy atom. The molecule has 3 nitrogen and oxygen atoms in total. The molecule has 0 spiro atoms. The molecule has 6 heteroatoms. The third-order valence-electron chi connectivity index (χ3n) is 3.42. The van der Waals surface area contributed by atoms with Crippen LogP contribution in [0.2, 0.25) is 0 Å². The van der Waals surface area contributed by atoms with Gasteiger partial charge in [-0.3, -0.25) is 4.79 Å². The van der Waals surface area contributed by atoms with Crippen molar-refractivity contribution in [3.05, 3.63) is 29.3 Å². The normalized spacial score (nSPS) is 22.1. The number of alkyl halides is 3. The van der Waals surface area contributed by atoms with Gasteiger partial charge < -0.3 is 11.1 Å². The van der Waals surface area contributed by atoms with Crippen molar-refractivity contribution in [3.8, 4) is 0 Å². The van der Waals surface area contributed by atoms with Crippen LogP contribution in [0.4, 0.5) is 18.9 Å². The van der Waals surface area contributed by atoms with Gasteiger partial charge >= 0.3 is 6.18 Å². The third-order valence-corrected chi connectivity index (χ3v) is 3.42. The Morgan fingerprint density at radius 2 is 2.11 bits per heavy atom. The van der Waals surface area contributed by atoms with Gasteiger partial charge in [0.05, 0.1) is 5.56 Å². The predicted octanol–water partition coefficient (Wildman–Crippen LogP) is 2.67. The fourth-order valence-corrected chi connectivity index (χ4v) is 1.95. The number of hydrogen-bond donors (Lipinski definition) is 2. The molecule has 1 amide bonds. The van der Waals surface area contributed by atoms with Crippen molar-refractivity contribution in [3.63, 3.8) is 0 Å². The van der Waals surface area contributed by atoms with E-state index in [1.165, 1.54) is 6.07 Å². The van der Waals surface area contributed by atoms with Crippen LogP contribution in [0.25, 0.3) is 0 Å². The molecule has 0 bridgehead atoms. The zero-order chi connectivity index (χ0) is 14.2. The van der Waals surface area contributed by atoms with E-state index in [9.17, 15) is 18.0 Å². The Labute approximate surface area is 109 Å². The van der Waals surface area contributed by atoms with Gasteiger partial charge in [-0.1, -0.05) is 6.92 Å². The van der Waals surface area contributed by atoms with Crippen molar-refractivity contribution in [2.45, 2.75) is 19.5 Å². The maximum atomic E-state index is 12.7. The van der Waals surface area contributed by atoms with Crippen LogP contribution in [0.15, 0.2) is 18.2 Å². The molecule has 0 heterocycles. The summed E-state index contributed by atoms with van der Waals surface area (Å²) in [6, 6.07) is 3.20. The van der Waals surface area contributed by atoms with Crippen LogP contribution in [0.3, 0.4) is 0 Å². The summed E-state index contributed by atoms with van der Waals surface area (Å²) in [5.41, 5.74) is 3.91. The molecule has 104 valence electrons. The van der Waals surface area contributed by atoms with E-state index in [1.54, 1.807) is 0 Å². The first kappa shape index (κ1) is 13.7. The average Bonchev–Trinajstić information content (AvgIpc) is 3.01. The maximum Gasteiger partial charge on any atom is 0.418 e. The topological polar surface area (TPSA) is 55.1 Å². The van der Waals surface area contributed by atoms with E-state index in [-0.39, 0.29) is 11.3 Å². The monoisotopic (exact) mass is 272 g/mol. The molecule has 1 aromatic carbocycles. The number of hydrogen-bond acceptors (Lipinski definition) is 2. The predicted molar refractivity (Wildman–Crippen MR) is 65.5 cm³/mol. The molecule has 1 aliphatic rings. The van der Waals surface area contributed by atoms with Crippen molar-refractivity contribution >= 4 is 11.6 Å². The highest BCUT2D eigenvalue weighted by Crippen LogP contribution is 2.37. The molecule has 0 aromatic heterocycles. The molecule has 3 N–H and O–H groups in total. The lowest BCUT2D eigenvalue weighted by molar-refractivity contribution is -0.136. The lowest BCUT2D eigenvalue weighted by Crippen LogP contribution is -2.26. The summed E-state index contributed by atoms with van der Waals surface area (Å²) in [5.74, 6) is 0.530. The van der Waals surface area contributed by atoms with Crippen molar-refractivity contribution < 1.29 is 18.0 Å². The van der Waals surface area contributed by atoms with Crippen molar-refractivity contribution in [2.75, 3.05) is 12.3 Å². The van der Waals surface area contributed by atoms with Crippen LogP contribution in [0.1, 0.15) is 29.3 Å². The van der Waals surface area contributed by atoms with Gasteiger partial charge in [-0.05, 0) is 36.5 Å². The van der Waals surface area contributed by atoms with Gasteiger partial charge in [0.1, 0.15) is 0 Å². The van der Waals surface area contributed by atoms with E-state index in [2.05, 4.69) is 12.2 Å². The minimum atomic E-state index is -4.55. The van der Waals surface area contributed by atoms with Crippen molar-refractivity contribution in [1.82, 2.24) is 5.32 Å². The van der Waals surface area contributed by atoms with Gasteiger partial charge in [0.25, 0.3) is 5.91 Å². The zero-order valence-corrected chi connectivity index (χ0v) is 10.4. The number of benzene rings is 1. The van der Waals surface area contributed by atoms with Crippen LogP contribution in [-0.2, 0) is 6.18 Å². The van der Waals surface area contributed by atoms with Crippen molar-refractivity contribution in [2.24, 2.45) is 11.8 Å². The number of nitrogens with two attached hydrogens (primary N) is 1. The van der Waals surface area contributed by atoms with Crippen LogP contribution < -0.4 is 11.1 Å². The molecular weight excluding hydrogens is 257 g/mol. The summed E-state index contributed by atoms with van der Waals surface area (Å²) in [7, 11) is 0. The number of halogens is 3. The molecule has 1 fully saturated rings. The zero-order valence-electron chi connectivity index (χ0n) is 10.4. The van der Waals surface area contributed by atoms with Crippen LogP contribution in [0.5, 0.6) is 0 Å². The first-order chi connectivity index (χ1) is 8.79. The SMILES string of the molecule is CC1CC1CNC(=O)c1ccc(N)c(C(F)(F)F)c1. The van der Waals surface area contributed by atoms with Gasteiger partial charge in [-0.2, -0.15) is 13.2 Å². The van der Waals surface area contributed by atoms with Gasteiger partial charge in [0, 0.05) is 17.8 Å². The third kappa shape index (κ3) is 3.19.